The largest absolute Gasteiger partial charge is 0.370 e. The summed E-state index contributed by atoms with van der Waals surface area (Å²) >= 11 is 0. The highest BCUT2D eigenvalue weighted by atomic mass is 15.0. The van der Waals surface area contributed by atoms with E-state index in [1.54, 1.807) is 12.4 Å². The van der Waals surface area contributed by atoms with Gasteiger partial charge in [-0.3, -0.25) is 4.98 Å². The number of anilines is 1. The topological polar surface area (TPSA) is 76.7 Å². The van der Waals surface area contributed by atoms with Crippen LogP contribution < -0.4 is 11.1 Å². The van der Waals surface area contributed by atoms with E-state index in [2.05, 4.69) is 32.4 Å². The molecule has 0 aliphatic carbocycles. The van der Waals surface area contributed by atoms with Gasteiger partial charge in [0.15, 0.2) is 5.82 Å². The van der Waals surface area contributed by atoms with Gasteiger partial charge in [-0.1, -0.05) is 30.3 Å². The second-order valence-corrected chi connectivity index (χ2v) is 6.13. The number of nitrogens with two attached hydrogens (primary N) is 1. The van der Waals surface area contributed by atoms with Crippen LogP contribution in [0.4, 0.5) is 5.82 Å². The molecule has 3 rings (SSSR count). The third-order valence-corrected chi connectivity index (χ3v) is 3.94. The Morgan fingerprint density at radius 2 is 1.92 bits per heavy atom. The molecule has 0 saturated carbocycles. The van der Waals surface area contributed by atoms with Crippen LogP contribution in [-0.4, -0.2) is 27.5 Å². The zero-order valence-corrected chi connectivity index (χ0v) is 14.4. The highest BCUT2D eigenvalue weighted by Gasteiger charge is 2.07. The minimum absolute atomic E-state index is 0.121. The summed E-state index contributed by atoms with van der Waals surface area (Å²) in [6.45, 7) is 2.74. The van der Waals surface area contributed by atoms with Gasteiger partial charge >= 0.3 is 0 Å². The molecular formula is C20H23N5. The summed E-state index contributed by atoms with van der Waals surface area (Å²) in [6.07, 6.45) is 5.27. The van der Waals surface area contributed by atoms with Crippen LogP contribution in [-0.2, 0) is 6.42 Å². The van der Waals surface area contributed by atoms with E-state index in [-0.39, 0.29) is 6.04 Å². The number of aromatic nitrogens is 3. The van der Waals surface area contributed by atoms with Crippen molar-refractivity contribution in [2.75, 3.05) is 11.9 Å². The maximum atomic E-state index is 6.24. The third kappa shape index (κ3) is 5.09. The lowest BCUT2D eigenvalue weighted by Gasteiger charge is -2.13. The van der Waals surface area contributed by atoms with Gasteiger partial charge in [0.2, 0.25) is 0 Å². The molecule has 2 heterocycles. The van der Waals surface area contributed by atoms with Crippen LogP contribution in [0.2, 0.25) is 0 Å². The normalized spacial score (nSPS) is 11.9. The number of hydrogen-bond acceptors (Lipinski definition) is 5. The van der Waals surface area contributed by atoms with Gasteiger partial charge < -0.3 is 11.1 Å². The molecule has 1 aromatic carbocycles. The third-order valence-electron chi connectivity index (χ3n) is 3.94. The monoisotopic (exact) mass is 333 g/mol. The molecule has 0 bridgehead atoms. The van der Waals surface area contributed by atoms with E-state index in [4.69, 9.17) is 5.73 Å². The summed E-state index contributed by atoms with van der Waals surface area (Å²) in [4.78, 5) is 13.2. The smallest absolute Gasteiger partial charge is 0.163 e. The molecule has 0 spiro atoms. The van der Waals surface area contributed by atoms with Crippen LogP contribution in [0.15, 0.2) is 60.9 Å². The number of pyridine rings is 1. The van der Waals surface area contributed by atoms with E-state index in [0.29, 0.717) is 5.82 Å². The zero-order valence-electron chi connectivity index (χ0n) is 14.4. The minimum Gasteiger partial charge on any atom is -0.370 e. The number of hydrogen-bond donors (Lipinski definition) is 2. The van der Waals surface area contributed by atoms with Crippen LogP contribution in [0.5, 0.6) is 0 Å². The van der Waals surface area contributed by atoms with Gasteiger partial charge in [0.05, 0.1) is 0 Å². The second kappa shape index (κ2) is 8.35. The van der Waals surface area contributed by atoms with Gasteiger partial charge in [0, 0.05) is 42.3 Å². The molecule has 0 aliphatic heterocycles. The summed E-state index contributed by atoms with van der Waals surface area (Å²) in [6, 6.07) is 16.3. The first-order valence-electron chi connectivity index (χ1n) is 8.50. The van der Waals surface area contributed by atoms with Crippen molar-refractivity contribution in [1.82, 2.24) is 15.0 Å². The van der Waals surface area contributed by atoms with Crippen molar-refractivity contribution in [3.05, 3.63) is 72.2 Å². The Morgan fingerprint density at radius 3 is 2.68 bits per heavy atom. The second-order valence-electron chi connectivity index (χ2n) is 6.13. The van der Waals surface area contributed by atoms with E-state index >= 15 is 0 Å². The van der Waals surface area contributed by atoms with Gasteiger partial charge in [-0.05, 0) is 37.5 Å². The average molecular weight is 333 g/mol. The molecule has 25 heavy (non-hydrogen) atoms. The van der Waals surface area contributed by atoms with Crippen molar-refractivity contribution in [2.45, 2.75) is 25.8 Å². The summed E-state index contributed by atoms with van der Waals surface area (Å²) in [5, 5.41) is 3.36. The van der Waals surface area contributed by atoms with E-state index in [9.17, 15) is 0 Å². The van der Waals surface area contributed by atoms with Gasteiger partial charge in [-0.15, -0.1) is 0 Å². The van der Waals surface area contributed by atoms with Crippen LogP contribution in [0.25, 0.3) is 11.4 Å². The number of nitrogens with zero attached hydrogens (tertiary/aromatic N) is 3. The van der Waals surface area contributed by atoms with Crippen molar-refractivity contribution in [1.29, 1.82) is 0 Å². The molecule has 1 atom stereocenters. The average Bonchev–Trinajstić information content (AvgIpc) is 2.63. The predicted molar refractivity (Wildman–Crippen MR) is 101 cm³/mol. The Kier molecular flexibility index (Phi) is 5.69. The van der Waals surface area contributed by atoms with Gasteiger partial charge in [-0.25, -0.2) is 9.97 Å². The Hall–Kier alpha value is -2.79. The van der Waals surface area contributed by atoms with Crippen LogP contribution in [0, 0.1) is 6.92 Å². The molecule has 0 saturated heterocycles. The van der Waals surface area contributed by atoms with Crippen molar-refractivity contribution >= 4 is 5.82 Å². The molecule has 5 nitrogen and oxygen atoms in total. The van der Waals surface area contributed by atoms with Crippen molar-refractivity contribution < 1.29 is 0 Å². The maximum Gasteiger partial charge on any atom is 0.163 e. The van der Waals surface area contributed by atoms with Crippen LogP contribution in [0.1, 0.15) is 17.7 Å². The Bertz CT molecular complexity index is 790. The SMILES string of the molecule is Cc1cc(NCCC(N)Cc2ccccc2)nc(-c2cccnc2)n1. The van der Waals surface area contributed by atoms with Gasteiger partial charge in [0.1, 0.15) is 5.82 Å². The minimum atomic E-state index is 0.121. The molecule has 0 radical (unpaired) electrons. The fourth-order valence-electron chi connectivity index (χ4n) is 2.69. The van der Waals surface area contributed by atoms with E-state index in [0.717, 1.165) is 36.5 Å². The number of benzene rings is 1. The molecule has 128 valence electrons. The van der Waals surface area contributed by atoms with Crippen LogP contribution >= 0.6 is 0 Å². The molecule has 1 unspecified atom stereocenters. The van der Waals surface area contributed by atoms with E-state index < -0.39 is 0 Å². The van der Waals surface area contributed by atoms with Crippen molar-refractivity contribution in [3.63, 3.8) is 0 Å². The summed E-state index contributed by atoms with van der Waals surface area (Å²) in [7, 11) is 0. The summed E-state index contributed by atoms with van der Waals surface area (Å²) in [5.74, 6) is 1.50. The molecule has 0 aliphatic rings. The molecule has 3 aromatic rings. The zero-order chi connectivity index (χ0) is 17.5. The summed E-state index contributed by atoms with van der Waals surface area (Å²) < 4.78 is 0. The maximum absolute atomic E-state index is 6.24. The highest BCUT2D eigenvalue weighted by molar-refractivity contribution is 5.56. The number of rotatable bonds is 7. The lowest BCUT2D eigenvalue weighted by molar-refractivity contribution is 0.628. The molecule has 0 fully saturated rings. The van der Waals surface area contributed by atoms with E-state index in [1.165, 1.54) is 5.56 Å². The van der Waals surface area contributed by atoms with Gasteiger partial charge in [-0.2, -0.15) is 0 Å². The van der Waals surface area contributed by atoms with Gasteiger partial charge in [0.25, 0.3) is 0 Å². The fourth-order valence-corrected chi connectivity index (χ4v) is 2.69. The lowest BCUT2D eigenvalue weighted by Crippen LogP contribution is -2.26. The Balaban J connectivity index is 1.57. The first kappa shape index (κ1) is 17.0. The van der Waals surface area contributed by atoms with Crippen molar-refractivity contribution in [2.24, 2.45) is 5.73 Å². The Labute approximate surface area is 148 Å². The number of aryl methyl sites for hydroxylation is 1. The first-order chi connectivity index (χ1) is 12.2. The lowest BCUT2D eigenvalue weighted by atomic mass is 10.0. The first-order valence-corrected chi connectivity index (χ1v) is 8.50. The number of nitrogens with one attached hydrogen (secondary N) is 1. The molecular weight excluding hydrogens is 310 g/mol. The molecule has 0 amide bonds. The molecule has 3 N–H and O–H groups in total. The molecule has 5 heteroatoms. The quantitative estimate of drug-likeness (QED) is 0.694. The predicted octanol–water partition coefficient (Wildman–Crippen LogP) is 3.22. The highest BCUT2D eigenvalue weighted by Crippen LogP contribution is 2.16. The van der Waals surface area contributed by atoms with Crippen LogP contribution in [0.3, 0.4) is 0 Å². The summed E-state index contributed by atoms with van der Waals surface area (Å²) in [5.41, 5.74) is 9.34. The molecule has 2 aromatic heterocycles. The Morgan fingerprint density at radius 1 is 1.08 bits per heavy atom. The standard InChI is InChI=1S/C20H23N5/c1-15-12-19(25-20(24-15)17-8-5-10-22-14-17)23-11-9-18(21)13-16-6-3-2-4-7-16/h2-8,10,12,14,18H,9,11,13,21H2,1H3,(H,23,24,25). The van der Waals surface area contributed by atoms with Crippen molar-refractivity contribution in [3.8, 4) is 11.4 Å². The van der Waals surface area contributed by atoms with E-state index in [1.807, 2.05) is 43.3 Å². The fraction of sp³-hybridized carbons (Fsp3) is 0.250.